The molecule has 1 heterocycles. The van der Waals surface area contributed by atoms with Crippen molar-refractivity contribution in [1.82, 2.24) is 0 Å². The molecule has 92 valence electrons. The van der Waals surface area contributed by atoms with Crippen LogP contribution in [0.4, 0.5) is 0 Å². The molecule has 0 aromatic carbocycles. The maximum atomic E-state index is 5.68. The molecule has 2 N–H and O–H groups in total. The van der Waals surface area contributed by atoms with Gasteiger partial charge in [-0.3, -0.25) is 0 Å². The first-order valence-corrected chi connectivity index (χ1v) is 7.08. The molecule has 0 amide bonds. The predicted molar refractivity (Wildman–Crippen MR) is 70.9 cm³/mol. The van der Waals surface area contributed by atoms with E-state index >= 15 is 0 Å². The van der Waals surface area contributed by atoms with Crippen LogP contribution in [-0.2, 0) is 9.47 Å². The van der Waals surface area contributed by atoms with Gasteiger partial charge in [0.2, 0.25) is 0 Å². The van der Waals surface area contributed by atoms with Crippen molar-refractivity contribution in [3.05, 3.63) is 20.8 Å². The molecule has 0 saturated carbocycles. The number of nitrogens with two attached hydrogens (primary N) is 1. The van der Waals surface area contributed by atoms with Crippen LogP contribution in [-0.4, -0.2) is 26.4 Å². The molecule has 0 radical (unpaired) electrons. The van der Waals surface area contributed by atoms with E-state index in [0.29, 0.717) is 19.8 Å². The van der Waals surface area contributed by atoms with E-state index in [9.17, 15) is 0 Å². The normalized spacial score (nSPS) is 12.9. The van der Waals surface area contributed by atoms with E-state index in [1.54, 1.807) is 11.3 Å². The molecule has 5 heteroatoms. The number of hydrogen-bond acceptors (Lipinski definition) is 4. The molecule has 1 rings (SSSR count). The second-order valence-corrected chi connectivity index (χ2v) is 5.23. The van der Waals surface area contributed by atoms with E-state index < -0.39 is 0 Å². The zero-order valence-electron chi connectivity index (χ0n) is 9.45. The monoisotopic (exact) mass is 307 g/mol. The Kier molecular flexibility index (Phi) is 7.23. The summed E-state index contributed by atoms with van der Waals surface area (Å²) in [5, 5.41) is 2.04. The van der Waals surface area contributed by atoms with Gasteiger partial charge in [-0.15, -0.1) is 11.3 Å². The number of thiophene rings is 1. The second-order valence-electron chi connectivity index (χ2n) is 3.37. The third-order valence-electron chi connectivity index (χ3n) is 2.01. The fourth-order valence-electron chi connectivity index (χ4n) is 1.26. The van der Waals surface area contributed by atoms with Crippen molar-refractivity contribution in [2.75, 3.05) is 26.4 Å². The van der Waals surface area contributed by atoms with Crippen LogP contribution in [0.5, 0.6) is 0 Å². The Balaban J connectivity index is 2.27. The van der Waals surface area contributed by atoms with Gasteiger partial charge in [0.1, 0.15) is 6.10 Å². The van der Waals surface area contributed by atoms with Crippen LogP contribution >= 0.6 is 27.3 Å². The highest BCUT2D eigenvalue weighted by molar-refractivity contribution is 9.10. The number of hydrogen-bond donors (Lipinski definition) is 1. The zero-order chi connectivity index (χ0) is 11.8. The van der Waals surface area contributed by atoms with E-state index in [1.807, 2.05) is 5.38 Å². The third kappa shape index (κ3) is 4.93. The molecule has 3 nitrogen and oxygen atoms in total. The summed E-state index contributed by atoms with van der Waals surface area (Å²) in [5.41, 5.74) is 5.68. The van der Waals surface area contributed by atoms with Crippen LogP contribution in [0.15, 0.2) is 15.9 Å². The van der Waals surface area contributed by atoms with Crippen LogP contribution in [0.25, 0.3) is 0 Å². The van der Waals surface area contributed by atoms with Gasteiger partial charge in [-0.1, -0.05) is 6.92 Å². The van der Waals surface area contributed by atoms with Gasteiger partial charge in [0.25, 0.3) is 0 Å². The summed E-state index contributed by atoms with van der Waals surface area (Å²) in [6.45, 7) is 4.61. The zero-order valence-corrected chi connectivity index (χ0v) is 11.9. The molecule has 0 bridgehead atoms. The van der Waals surface area contributed by atoms with Crippen LogP contribution in [0, 0.1) is 0 Å². The Morgan fingerprint density at radius 3 is 2.81 bits per heavy atom. The van der Waals surface area contributed by atoms with Crippen molar-refractivity contribution in [3.63, 3.8) is 0 Å². The van der Waals surface area contributed by atoms with Gasteiger partial charge in [0.15, 0.2) is 0 Å². The van der Waals surface area contributed by atoms with Gasteiger partial charge in [-0.2, -0.15) is 0 Å². The summed E-state index contributed by atoms with van der Waals surface area (Å²) in [4.78, 5) is 1.16. The molecular formula is C11H18BrNO2S. The molecule has 0 aliphatic heterocycles. The minimum Gasteiger partial charge on any atom is -0.379 e. The summed E-state index contributed by atoms with van der Waals surface area (Å²) in [6.07, 6.45) is 1.03. The molecule has 0 spiro atoms. The summed E-state index contributed by atoms with van der Waals surface area (Å²) >= 11 is 5.08. The van der Waals surface area contributed by atoms with E-state index in [4.69, 9.17) is 15.2 Å². The molecule has 16 heavy (non-hydrogen) atoms. The quantitative estimate of drug-likeness (QED) is 0.751. The smallest absolute Gasteiger partial charge is 0.104 e. The van der Waals surface area contributed by atoms with Crippen molar-refractivity contribution < 1.29 is 9.47 Å². The SMILES string of the molecule is CCCOCCOC(CN)c1cc(Br)cs1. The fraction of sp³-hybridized carbons (Fsp3) is 0.636. The Bertz CT molecular complexity index is 293. The Morgan fingerprint density at radius 2 is 2.25 bits per heavy atom. The maximum absolute atomic E-state index is 5.68. The number of ether oxygens (including phenoxy) is 2. The highest BCUT2D eigenvalue weighted by Gasteiger charge is 2.11. The molecular weight excluding hydrogens is 290 g/mol. The lowest BCUT2D eigenvalue weighted by Gasteiger charge is -2.14. The summed E-state index contributed by atoms with van der Waals surface area (Å²) in [5.74, 6) is 0. The van der Waals surface area contributed by atoms with Crippen LogP contribution in [0.3, 0.4) is 0 Å². The van der Waals surface area contributed by atoms with Crippen molar-refractivity contribution in [2.45, 2.75) is 19.4 Å². The lowest BCUT2D eigenvalue weighted by atomic mass is 10.3. The van der Waals surface area contributed by atoms with Crippen molar-refractivity contribution >= 4 is 27.3 Å². The molecule has 1 aromatic heterocycles. The molecule has 0 aliphatic rings. The standard InChI is InChI=1S/C11H18BrNO2S/c1-2-3-14-4-5-15-10(7-13)11-6-9(12)8-16-11/h6,8,10H,2-5,7,13H2,1H3. The van der Waals surface area contributed by atoms with Crippen molar-refractivity contribution in [2.24, 2.45) is 5.73 Å². The van der Waals surface area contributed by atoms with Gasteiger partial charge >= 0.3 is 0 Å². The summed E-state index contributed by atoms with van der Waals surface area (Å²) in [6, 6.07) is 2.05. The number of rotatable bonds is 8. The molecule has 1 aromatic rings. The molecule has 0 fully saturated rings. The Labute approximate surface area is 109 Å². The predicted octanol–water partition coefficient (Wildman–Crippen LogP) is 2.95. The minimum absolute atomic E-state index is 0.0125. The molecule has 1 unspecified atom stereocenters. The lowest BCUT2D eigenvalue weighted by Crippen LogP contribution is -2.17. The largest absolute Gasteiger partial charge is 0.379 e. The Morgan fingerprint density at radius 1 is 1.44 bits per heavy atom. The van der Waals surface area contributed by atoms with Gasteiger partial charge in [0.05, 0.1) is 13.2 Å². The van der Waals surface area contributed by atoms with E-state index in [1.165, 1.54) is 0 Å². The van der Waals surface area contributed by atoms with Crippen molar-refractivity contribution in [3.8, 4) is 0 Å². The van der Waals surface area contributed by atoms with Crippen LogP contribution in [0.2, 0.25) is 0 Å². The van der Waals surface area contributed by atoms with Gasteiger partial charge in [0, 0.05) is 27.9 Å². The lowest BCUT2D eigenvalue weighted by molar-refractivity contribution is 0.00905. The average molecular weight is 308 g/mol. The maximum Gasteiger partial charge on any atom is 0.104 e. The number of halogens is 1. The average Bonchev–Trinajstić information content (AvgIpc) is 2.70. The Hall–Kier alpha value is 0.0600. The second kappa shape index (κ2) is 8.20. The summed E-state index contributed by atoms with van der Waals surface area (Å²) < 4.78 is 12.1. The van der Waals surface area contributed by atoms with E-state index in [2.05, 4.69) is 28.9 Å². The first-order chi connectivity index (χ1) is 7.77. The van der Waals surface area contributed by atoms with Gasteiger partial charge in [-0.05, 0) is 28.4 Å². The minimum atomic E-state index is -0.0125. The third-order valence-corrected chi connectivity index (χ3v) is 3.80. The molecule has 0 aliphatic carbocycles. The highest BCUT2D eigenvalue weighted by Crippen LogP contribution is 2.27. The van der Waals surface area contributed by atoms with E-state index in [0.717, 1.165) is 22.4 Å². The van der Waals surface area contributed by atoms with Crippen LogP contribution < -0.4 is 5.73 Å². The van der Waals surface area contributed by atoms with E-state index in [-0.39, 0.29) is 6.10 Å². The van der Waals surface area contributed by atoms with Gasteiger partial charge < -0.3 is 15.2 Å². The topological polar surface area (TPSA) is 44.5 Å². The van der Waals surface area contributed by atoms with Gasteiger partial charge in [-0.25, -0.2) is 0 Å². The fourth-order valence-corrected chi connectivity index (χ4v) is 2.77. The van der Waals surface area contributed by atoms with Crippen LogP contribution in [0.1, 0.15) is 24.3 Å². The van der Waals surface area contributed by atoms with Crippen molar-refractivity contribution in [1.29, 1.82) is 0 Å². The first-order valence-electron chi connectivity index (χ1n) is 5.41. The highest BCUT2D eigenvalue weighted by atomic mass is 79.9. The first kappa shape index (κ1) is 14.1. The summed E-state index contributed by atoms with van der Waals surface area (Å²) in [7, 11) is 0. The molecule has 0 saturated heterocycles. The molecule has 1 atom stereocenters.